The molecule has 1 unspecified atom stereocenters. The number of sulfonamides is 1. The van der Waals surface area contributed by atoms with E-state index in [2.05, 4.69) is 4.72 Å². The van der Waals surface area contributed by atoms with Crippen molar-refractivity contribution in [2.75, 3.05) is 5.73 Å². The molecule has 2 rings (SSSR count). The van der Waals surface area contributed by atoms with Crippen LogP contribution in [0.15, 0.2) is 59.5 Å². The fourth-order valence-corrected chi connectivity index (χ4v) is 3.59. The normalized spacial score (nSPS) is 13.3. The first-order chi connectivity index (χ1) is 9.90. The molecule has 0 aliphatic heterocycles. The van der Waals surface area contributed by atoms with E-state index in [0.29, 0.717) is 5.69 Å². The monoisotopic (exact) mass is 304 g/mol. The molecule has 0 heterocycles. The topological polar surface area (TPSA) is 72.2 Å². The smallest absolute Gasteiger partial charge is 0.241 e. The molecule has 3 N–H and O–H groups in total. The standard InChI is InChI=1S/C16H20N2O2S/c1-12(2)16(13-7-4-3-5-8-13)18-21(19,20)15-10-6-9-14(17)11-15/h3-12,16,18H,17H2,1-2H3. The summed E-state index contributed by atoms with van der Waals surface area (Å²) in [5.74, 6) is 0.128. The maximum Gasteiger partial charge on any atom is 0.241 e. The number of hydrogen-bond donors (Lipinski definition) is 2. The fraction of sp³-hybridized carbons (Fsp3) is 0.250. The number of rotatable bonds is 5. The van der Waals surface area contributed by atoms with E-state index in [1.54, 1.807) is 18.2 Å². The lowest BCUT2D eigenvalue weighted by Gasteiger charge is -2.23. The van der Waals surface area contributed by atoms with Crippen molar-refractivity contribution in [1.29, 1.82) is 0 Å². The number of nitrogens with two attached hydrogens (primary N) is 1. The molecule has 4 nitrogen and oxygen atoms in total. The van der Waals surface area contributed by atoms with Gasteiger partial charge in [0, 0.05) is 11.7 Å². The van der Waals surface area contributed by atoms with Gasteiger partial charge in [0.05, 0.1) is 4.90 Å². The van der Waals surface area contributed by atoms with Crippen LogP contribution in [0.4, 0.5) is 5.69 Å². The average molecular weight is 304 g/mol. The largest absolute Gasteiger partial charge is 0.399 e. The minimum atomic E-state index is -3.61. The van der Waals surface area contributed by atoms with Crippen molar-refractivity contribution in [3.8, 4) is 0 Å². The molecule has 112 valence electrons. The van der Waals surface area contributed by atoms with Gasteiger partial charge in [0.2, 0.25) is 10.0 Å². The molecule has 0 saturated carbocycles. The van der Waals surface area contributed by atoms with Gasteiger partial charge in [-0.15, -0.1) is 0 Å². The summed E-state index contributed by atoms with van der Waals surface area (Å²) in [4.78, 5) is 0.184. The molecule has 0 aromatic heterocycles. The van der Waals surface area contributed by atoms with Crippen LogP contribution in [0, 0.1) is 5.92 Å². The fourth-order valence-electron chi connectivity index (χ4n) is 2.17. The SMILES string of the molecule is CC(C)C(NS(=O)(=O)c1cccc(N)c1)c1ccccc1. The Morgan fingerprint density at radius 2 is 1.67 bits per heavy atom. The van der Waals surface area contributed by atoms with Crippen LogP contribution in [-0.4, -0.2) is 8.42 Å². The Hall–Kier alpha value is -1.85. The summed E-state index contributed by atoms with van der Waals surface area (Å²) in [6.07, 6.45) is 0. The van der Waals surface area contributed by atoms with Gasteiger partial charge in [-0.05, 0) is 29.7 Å². The highest BCUT2D eigenvalue weighted by atomic mass is 32.2. The van der Waals surface area contributed by atoms with Gasteiger partial charge in [0.15, 0.2) is 0 Å². The van der Waals surface area contributed by atoms with Gasteiger partial charge >= 0.3 is 0 Å². The third-order valence-corrected chi connectivity index (χ3v) is 4.71. The summed E-state index contributed by atoms with van der Waals surface area (Å²) >= 11 is 0. The van der Waals surface area contributed by atoms with Gasteiger partial charge < -0.3 is 5.73 Å². The highest BCUT2D eigenvalue weighted by molar-refractivity contribution is 7.89. The molecule has 1 atom stereocenters. The van der Waals surface area contributed by atoms with Gasteiger partial charge in [-0.1, -0.05) is 50.2 Å². The maximum absolute atomic E-state index is 12.5. The van der Waals surface area contributed by atoms with Crippen molar-refractivity contribution in [3.05, 3.63) is 60.2 Å². The molecule has 0 aliphatic rings. The molecular formula is C16H20N2O2S. The molecule has 0 radical (unpaired) electrons. The molecule has 0 saturated heterocycles. The molecular weight excluding hydrogens is 284 g/mol. The summed E-state index contributed by atoms with van der Waals surface area (Å²) in [5, 5.41) is 0. The molecule has 0 aliphatic carbocycles. The van der Waals surface area contributed by atoms with Gasteiger partial charge in [-0.3, -0.25) is 0 Å². The first-order valence-corrected chi connectivity index (χ1v) is 8.31. The Kier molecular flexibility index (Phi) is 4.65. The Balaban J connectivity index is 2.33. The van der Waals surface area contributed by atoms with E-state index in [-0.39, 0.29) is 16.9 Å². The maximum atomic E-state index is 12.5. The number of hydrogen-bond acceptors (Lipinski definition) is 3. The lowest BCUT2D eigenvalue weighted by Crippen LogP contribution is -2.31. The van der Waals surface area contributed by atoms with E-state index in [4.69, 9.17) is 5.73 Å². The Bertz CT molecular complexity index is 697. The number of anilines is 1. The first-order valence-electron chi connectivity index (χ1n) is 6.83. The van der Waals surface area contributed by atoms with Crippen molar-refractivity contribution >= 4 is 15.7 Å². The zero-order valence-corrected chi connectivity index (χ0v) is 13.0. The lowest BCUT2D eigenvalue weighted by atomic mass is 9.97. The van der Waals surface area contributed by atoms with E-state index in [9.17, 15) is 8.42 Å². The molecule has 21 heavy (non-hydrogen) atoms. The zero-order chi connectivity index (χ0) is 15.5. The molecule has 0 fully saturated rings. The zero-order valence-electron chi connectivity index (χ0n) is 12.2. The van der Waals surface area contributed by atoms with Crippen molar-refractivity contribution in [3.63, 3.8) is 0 Å². The van der Waals surface area contributed by atoms with Crippen molar-refractivity contribution in [2.24, 2.45) is 5.92 Å². The van der Waals surface area contributed by atoms with E-state index in [0.717, 1.165) is 5.56 Å². The Morgan fingerprint density at radius 3 is 2.24 bits per heavy atom. The summed E-state index contributed by atoms with van der Waals surface area (Å²) in [5.41, 5.74) is 7.04. The van der Waals surface area contributed by atoms with Crippen LogP contribution in [0.1, 0.15) is 25.5 Å². The van der Waals surface area contributed by atoms with Crippen LogP contribution in [0.2, 0.25) is 0 Å². The van der Waals surface area contributed by atoms with E-state index < -0.39 is 10.0 Å². The van der Waals surface area contributed by atoms with Gasteiger partial charge in [-0.25, -0.2) is 13.1 Å². The van der Waals surface area contributed by atoms with Crippen LogP contribution in [0.25, 0.3) is 0 Å². The molecule has 0 bridgehead atoms. The summed E-state index contributed by atoms with van der Waals surface area (Å²) in [6.45, 7) is 3.97. The van der Waals surface area contributed by atoms with Crippen LogP contribution in [0.5, 0.6) is 0 Å². The Labute approximate surface area is 126 Å². The average Bonchev–Trinajstić information content (AvgIpc) is 2.45. The van der Waals surface area contributed by atoms with Crippen LogP contribution in [0.3, 0.4) is 0 Å². The minimum absolute atomic E-state index is 0.128. The summed E-state index contributed by atoms with van der Waals surface area (Å²) in [7, 11) is -3.61. The van der Waals surface area contributed by atoms with Crippen molar-refractivity contribution in [1.82, 2.24) is 4.72 Å². The summed E-state index contributed by atoms with van der Waals surface area (Å²) < 4.78 is 27.8. The molecule has 0 spiro atoms. The van der Waals surface area contributed by atoms with Crippen LogP contribution in [-0.2, 0) is 10.0 Å². The lowest BCUT2D eigenvalue weighted by molar-refractivity contribution is 0.463. The third-order valence-electron chi connectivity index (χ3n) is 3.28. The predicted molar refractivity (Wildman–Crippen MR) is 85.2 cm³/mol. The first kappa shape index (κ1) is 15.5. The van der Waals surface area contributed by atoms with Gasteiger partial charge in [0.25, 0.3) is 0 Å². The number of nitrogens with one attached hydrogen (secondary N) is 1. The molecule has 0 amide bonds. The third kappa shape index (κ3) is 3.83. The number of benzene rings is 2. The second kappa shape index (κ2) is 6.28. The van der Waals surface area contributed by atoms with Crippen molar-refractivity contribution < 1.29 is 8.42 Å². The van der Waals surface area contributed by atoms with Gasteiger partial charge in [0.1, 0.15) is 0 Å². The molecule has 2 aromatic rings. The number of nitrogen functional groups attached to an aromatic ring is 1. The van der Waals surface area contributed by atoms with E-state index >= 15 is 0 Å². The van der Waals surface area contributed by atoms with Gasteiger partial charge in [-0.2, -0.15) is 0 Å². The molecule has 5 heteroatoms. The summed E-state index contributed by atoms with van der Waals surface area (Å²) in [6, 6.07) is 15.6. The van der Waals surface area contributed by atoms with Crippen molar-refractivity contribution in [2.45, 2.75) is 24.8 Å². The van der Waals surface area contributed by atoms with E-state index in [1.165, 1.54) is 6.07 Å². The van der Waals surface area contributed by atoms with Crippen LogP contribution >= 0.6 is 0 Å². The second-order valence-electron chi connectivity index (χ2n) is 5.33. The second-order valence-corrected chi connectivity index (χ2v) is 7.04. The van der Waals surface area contributed by atoms with E-state index in [1.807, 2.05) is 44.2 Å². The highest BCUT2D eigenvalue weighted by Gasteiger charge is 2.23. The quantitative estimate of drug-likeness (QED) is 0.834. The highest BCUT2D eigenvalue weighted by Crippen LogP contribution is 2.24. The Morgan fingerprint density at radius 1 is 1.00 bits per heavy atom. The van der Waals surface area contributed by atoms with Crippen LogP contribution < -0.4 is 10.5 Å². The predicted octanol–water partition coefficient (Wildman–Crippen LogP) is 2.94. The molecule has 2 aromatic carbocycles. The minimum Gasteiger partial charge on any atom is -0.399 e.